The van der Waals surface area contributed by atoms with Crippen LogP contribution in [0.3, 0.4) is 0 Å². The lowest BCUT2D eigenvalue weighted by Crippen LogP contribution is -2.32. The molecule has 8 heteroatoms. The van der Waals surface area contributed by atoms with Gasteiger partial charge in [-0.15, -0.1) is 11.3 Å². The minimum absolute atomic E-state index is 0.0209. The van der Waals surface area contributed by atoms with Crippen LogP contribution in [-0.2, 0) is 10.0 Å². The van der Waals surface area contributed by atoms with Crippen LogP contribution in [0.5, 0.6) is 0 Å². The Bertz CT molecular complexity index is 895. The van der Waals surface area contributed by atoms with E-state index >= 15 is 0 Å². The average molecular weight is 413 g/mol. The third-order valence-corrected chi connectivity index (χ3v) is 7.21. The van der Waals surface area contributed by atoms with E-state index in [1.54, 1.807) is 30.1 Å². The second-order valence-electron chi connectivity index (χ2n) is 6.59. The first-order valence-electron chi connectivity index (χ1n) is 8.46. The molecule has 26 heavy (non-hydrogen) atoms. The van der Waals surface area contributed by atoms with Gasteiger partial charge in [0.15, 0.2) is 0 Å². The van der Waals surface area contributed by atoms with Crippen LogP contribution in [0.4, 0.5) is 0 Å². The van der Waals surface area contributed by atoms with Gasteiger partial charge in [0.1, 0.15) is 0 Å². The molecule has 3 rings (SSSR count). The van der Waals surface area contributed by atoms with Crippen molar-refractivity contribution in [2.75, 3.05) is 6.54 Å². The number of hydrogen-bond acceptors (Lipinski definition) is 4. The van der Waals surface area contributed by atoms with Gasteiger partial charge < -0.3 is 4.90 Å². The Hall–Kier alpha value is -1.41. The van der Waals surface area contributed by atoms with Crippen molar-refractivity contribution in [3.8, 4) is 0 Å². The fourth-order valence-electron chi connectivity index (χ4n) is 3.15. The molecule has 0 spiro atoms. The van der Waals surface area contributed by atoms with Gasteiger partial charge in [0.2, 0.25) is 10.0 Å². The SMILES string of the molecule is CC(C)NS(=O)(=O)c1ccc(Cl)c(C(=O)N2CCCC2c2cccs2)c1. The summed E-state index contributed by atoms with van der Waals surface area (Å²) in [6, 6.07) is 8.04. The molecule has 1 aromatic heterocycles. The first kappa shape index (κ1) is 19.4. The molecule has 0 radical (unpaired) electrons. The van der Waals surface area contributed by atoms with Crippen LogP contribution in [-0.4, -0.2) is 31.8 Å². The van der Waals surface area contributed by atoms with Crippen molar-refractivity contribution in [2.24, 2.45) is 0 Å². The predicted octanol–water partition coefficient (Wildman–Crippen LogP) is 4.07. The van der Waals surface area contributed by atoms with Crippen LogP contribution in [0.1, 0.15) is 48.0 Å². The summed E-state index contributed by atoms with van der Waals surface area (Å²) in [6.45, 7) is 4.13. The first-order valence-corrected chi connectivity index (χ1v) is 11.2. The van der Waals surface area contributed by atoms with Gasteiger partial charge in [-0.2, -0.15) is 0 Å². The number of amides is 1. The molecular formula is C18H21ClN2O3S2. The number of hydrogen-bond donors (Lipinski definition) is 1. The van der Waals surface area contributed by atoms with E-state index in [9.17, 15) is 13.2 Å². The third-order valence-electron chi connectivity index (χ3n) is 4.25. The van der Waals surface area contributed by atoms with Crippen molar-refractivity contribution >= 4 is 38.9 Å². The molecule has 1 amide bonds. The minimum Gasteiger partial charge on any atom is -0.331 e. The molecular weight excluding hydrogens is 392 g/mol. The molecule has 1 saturated heterocycles. The average Bonchev–Trinajstić information content (AvgIpc) is 3.24. The Morgan fingerprint density at radius 3 is 2.77 bits per heavy atom. The zero-order valence-electron chi connectivity index (χ0n) is 14.6. The van der Waals surface area contributed by atoms with Crippen LogP contribution in [0.2, 0.25) is 5.02 Å². The van der Waals surface area contributed by atoms with E-state index in [1.165, 1.54) is 18.2 Å². The molecule has 0 aliphatic carbocycles. The number of carbonyl (C=O) groups excluding carboxylic acids is 1. The van der Waals surface area contributed by atoms with E-state index in [-0.39, 0.29) is 33.5 Å². The molecule has 2 heterocycles. The number of likely N-dealkylation sites (tertiary alicyclic amines) is 1. The van der Waals surface area contributed by atoms with E-state index in [0.717, 1.165) is 17.7 Å². The largest absolute Gasteiger partial charge is 0.331 e. The molecule has 1 aromatic carbocycles. The number of nitrogens with one attached hydrogen (secondary N) is 1. The summed E-state index contributed by atoms with van der Waals surface area (Å²) >= 11 is 7.86. The maximum atomic E-state index is 13.1. The van der Waals surface area contributed by atoms with Crippen LogP contribution in [0.15, 0.2) is 40.6 Å². The maximum absolute atomic E-state index is 13.1. The Balaban J connectivity index is 1.93. The zero-order chi connectivity index (χ0) is 18.9. The van der Waals surface area contributed by atoms with Crippen molar-refractivity contribution in [1.29, 1.82) is 0 Å². The summed E-state index contributed by atoms with van der Waals surface area (Å²) in [7, 11) is -3.69. The van der Waals surface area contributed by atoms with Crippen molar-refractivity contribution in [1.82, 2.24) is 9.62 Å². The van der Waals surface area contributed by atoms with E-state index < -0.39 is 10.0 Å². The molecule has 1 aliphatic heterocycles. The summed E-state index contributed by atoms with van der Waals surface area (Å²) < 4.78 is 27.4. The van der Waals surface area contributed by atoms with E-state index in [4.69, 9.17) is 11.6 Å². The Morgan fingerprint density at radius 1 is 1.35 bits per heavy atom. The molecule has 1 N–H and O–H groups in total. The quantitative estimate of drug-likeness (QED) is 0.805. The maximum Gasteiger partial charge on any atom is 0.255 e. The summed E-state index contributed by atoms with van der Waals surface area (Å²) in [4.78, 5) is 16.1. The molecule has 1 unspecified atom stereocenters. The number of benzene rings is 1. The van der Waals surface area contributed by atoms with Gasteiger partial charge in [0.05, 0.1) is 21.5 Å². The van der Waals surface area contributed by atoms with E-state index in [2.05, 4.69) is 4.72 Å². The molecule has 0 saturated carbocycles. The standard InChI is InChI=1S/C18H21ClN2O3S2/c1-12(2)20-26(23,24)13-7-8-15(19)14(11-13)18(22)21-9-3-5-16(21)17-6-4-10-25-17/h4,6-8,10-12,16,20H,3,5,9H2,1-2H3. The van der Waals surface area contributed by atoms with Gasteiger partial charge in [-0.05, 0) is 56.3 Å². The van der Waals surface area contributed by atoms with Crippen LogP contribution in [0, 0.1) is 0 Å². The smallest absolute Gasteiger partial charge is 0.255 e. The number of sulfonamides is 1. The molecule has 2 aromatic rings. The molecule has 5 nitrogen and oxygen atoms in total. The first-order chi connectivity index (χ1) is 12.3. The summed E-state index contributed by atoms with van der Waals surface area (Å²) in [5, 5.41) is 2.25. The number of carbonyl (C=O) groups is 1. The van der Waals surface area contributed by atoms with Gasteiger partial charge in [-0.1, -0.05) is 17.7 Å². The van der Waals surface area contributed by atoms with Crippen molar-refractivity contribution in [3.05, 3.63) is 51.2 Å². The highest BCUT2D eigenvalue weighted by molar-refractivity contribution is 7.89. The Labute approximate surface area is 163 Å². The number of rotatable bonds is 5. The highest BCUT2D eigenvalue weighted by Crippen LogP contribution is 2.36. The minimum atomic E-state index is -3.69. The molecule has 0 bridgehead atoms. The zero-order valence-corrected chi connectivity index (χ0v) is 17.0. The van der Waals surface area contributed by atoms with Crippen molar-refractivity contribution < 1.29 is 13.2 Å². The van der Waals surface area contributed by atoms with Crippen LogP contribution < -0.4 is 4.72 Å². The van der Waals surface area contributed by atoms with Crippen LogP contribution in [0.25, 0.3) is 0 Å². The Morgan fingerprint density at radius 2 is 2.12 bits per heavy atom. The molecule has 1 fully saturated rings. The van der Waals surface area contributed by atoms with Crippen molar-refractivity contribution in [3.63, 3.8) is 0 Å². The lowest BCUT2D eigenvalue weighted by molar-refractivity contribution is 0.0738. The van der Waals surface area contributed by atoms with Gasteiger partial charge in [0, 0.05) is 17.5 Å². The number of halogens is 1. The van der Waals surface area contributed by atoms with Gasteiger partial charge in [0.25, 0.3) is 5.91 Å². The van der Waals surface area contributed by atoms with Gasteiger partial charge in [-0.3, -0.25) is 4.79 Å². The molecule has 1 aliphatic rings. The monoisotopic (exact) mass is 412 g/mol. The van der Waals surface area contributed by atoms with Crippen LogP contribution >= 0.6 is 22.9 Å². The number of nitrogens with zero attached hydrogens (tertiary/aromatic N) is 1. The fraction of sp³-hybridized carbons (Fsp3) is 0.389. The summed E-state index contributed by atoms with van der Waals surface area (Å²) in [6.07, 6.45) is 1.82. The highest BCUT2D eigenvalue weighted by Gasteiger charge is 2.32. The lowest BCUT2D eigenvalue weighted by Gasteiger charge is -2.24. The Kier molecular flexibility index (Phi) is 5.72. The second-order valence-corrected chi connectivity index (χ2v) is 9.69. The normalized spacial score (nSPS) is 17.8. The third kappa shape index (κ3) is 3.96. The fourth-order valence-corrected chi connectivity index (χ4v) is 5.50. The number of thiophene rings is 1. The van der Waals surface area contributed by atoms with Gasteiger partial charge >= 0.3 is 0 Å². The van der Waals surface area contributed by atoms with Crippen molar-refractivity contribution in [2.45, 2.75) is 43.7 Å². The topological polar surface area (TPSA) is 66.5 Å². The lowest BCUT2D eigenvalue weighted by atomic mass is 10.1. The second kappa shape index (κ2) is 7.68. The summed E-state index contributed by atoms with van der Waals surface area (Å²) in [5.41, 5.74) is 0.224. The van der Waals surface area contributed by atoms with E-state index in [1.807, 2.05) is 17.5 Å². The van der Waals surface area contributed by atoms with E-state index in [0.29, 0.717) is 6.54 Å². The van der Waals surface area contributed by atoms with Gasteiger partial charge in [-0.25, -0.2) is 13.1 Å². The molecule has 140 valence electrons. The predicted molar refractivity (Wildman–Crippen MR) is 104 cm³/mol. The summed E-state index contributed by atoms with van der Waals surface area (Å²) in [5.74, 6) is -0.229. The molecule has 1 atom stereocenters. The highest BCUT2D eigenvalue weighted by atomic mass is 35.5.